The first-order valence-electron chi connectivity index (χ1n) is 9.86. The highest BCUT2D eigenvalue weighted by Gasteiger charge is 2.15. The number of hydrogen-bond donors (Lipinski definition) is 2. The number of carbonyl (C=O) groups is 1. The first kappa shape index (κ1) is 20.7. The molecule has 2 aromatic heterocycles. The van der Waals surface area contributed by atoms with Crippen LogP contribution in [-0.4, -0.2) is 42.6 Å². The van der Waals surface area contributed by atoms with Crippen molar-refractivity contribution in [3.8, 4) is 11.4 Å². The second-order valence-corrected chi connectivity index (χ2v) is 7.79. The van der Waals surface area contributed by atoms with E-state index in [-0.39, 0.29) is 24.4 Å². The highest BCUT2D eigenvalue weighted by Crippen LogP contribution is 2.19. The molecule has 0 unspecified atom stereocenters. The monoisotopic (exact) mass is 434 g/mol. The van der Waals surface area contributed by atoms with E-state index >= 15 is 0 Å². The summed E-state index contributed by atoms with van der Waals surface area (Å²) in [6.45, 7) is 2.61. The molecule has 0 radical (unpaired) electrons. The van der Waals surface area contributed by atoms with E-state index < -0.39 is 0 Å². The average Bonchev–Trinajstić information content (AvgIpc) is 3.12. The van der Waals surface area contributed by atoms with Gasteiger partial charge in [0.25, 0.3) is 5.56 Å². The Morgan fingerprint density at radius 1 is 1.19 bits per heavy atom. The van der Waals surface area contributed by atoms with Crippen LogP contribution in [0.15, 0.2) is 53.3 Å². The fourth-order valence-electron chi connectivity index (χ4n) is 3.45. The number of carbonyl (C=O) groups excluding carboxylic acids is 1. The van der Waals surface area contributed by atoms with Crippen LogP contribution in [0.4, 0.5) is 0 Å². The van der Waals surface area contributed by atoms with Crippen LogP contribution in [0.5, 0.6) is 0 Å². The molecule has 0 saturated heterocycles. The molecule has 0 aliphatic rings. The van der Waals surface area contributed by atoms with E-state index in [0.29, 0.717) is 33.9 Å². The van der Waals surface area contributed by atoms with Crippen molar-refractivity contribution in [3.63, 3.8) is 0 Å². The minimum Gasteiger partial charge on any atom is -0.338 e. The molecule has 4 rings (SSSR count). The van der Waals surface area contributed by atoms with Crippen LogP contribution >= 0.6 is 12.2 Å². The molecule has 0 bridgehead atoms. The van der Waals surface area contributed by atoms with Crippen molar-refractivity contribution in [2.24, 2.45) is 0 Å². The summed E-state index contributed by atoms with van der Waals surface area (Å²) >= 11 is 5.36. The molecule has 31 heavy (non-hydrogen) atoms. The lowest BCUT2D eigenvalue weighted by atomic mass is 10.1. The van der Waals surface area contributed by atoms with Crippen molar-refractivity contribution in [2.75, 3.05) is 7.05 Å². The standard InChI is InChI=1S/C22H22N6O2S/c1-14-6-5-7-15(12-14)20-25-26-22(31)28(20)11-10-19(29)27(2)13-18-23-17-9-4-3-8-16(17)21(30)24-18/h3-9,12H,10-11,13H2,1-2H3,(H,26,31)(H,23,24,30). The van der Waals surface area contributed by atoms with Gasteiger partial charge in [-0.05, 0) is 37.3 Å². The number of aromatic amines is 2. The fourth-order valence-corrected chi connectivity index (χ4v) is 3.67. The Morgan fingerprint density at radius 2 is 2.00 bits per heavy atom. The summed E-state index contributed by atoms with van der Waals surface area (Å²) in [6, 6.07) is 15.1. The van der Waals surface area contributed by atoms with Gasteiger partial charge in [-0.15, -0.1) is 0 Å². The molecule has 2 heterocycles. The molecule has 0 fully saturated rings. The molecule has 9 heteroatoms. The summed E-state index contributed by atoms with van der Waals surface area (Å²) in [7, 11) is 1.69. The molecular weight excluding hydrogens is 412 g/mol. The molecule has 1 amide bonds. The van der Waals surface area contributed by atoms with E-state index in [1.54, 1.807) is 30.1 Å². The highest BCUT2D eigenvalue weighted by molar-refractivity contribution is 7.71. The second-order valence-electron chi connectivity index (χ2n) is 7.40. The SMILES string of the molecule is Cc1cccc(-c2n[nH]c(=S)n2CCC(=O)N(C)Cc2nc3ccccc3c(=O)[nH]2)c1. The van der Waals surface area contributed by atoms with Crippen LogP contribution in [0, 0.1) is 11.7 Å². The number of fused-ring (bicyclic) bond motifs is 1. The van der Waals surface area contributed by atoms with Gasteiger partial charge in [-0.2, -0.15) is 5.10 Å². The highest BCUT2D eigenvalue weighted by atomic mass is 32.1. The maximum absolute atomic E-state index is 12.7. The minimum atomic E-state index is -0.214. The van der Waals surface area contributed by atoms with E-state index in [4.69, 9.17) is 12.2 Å². The lowest BCUT2D eigenvalue weighted by molar-refractivity contribution is -0.130. The quantitative estimate of drug-likeness (QED) is 0.454. The summed E-state index contributed by atoms with van der Waals surface area (Å²) in [6.07, 6.45) is 0.237. The number of H-pyrrole nitrogens is 2. The smallest absolute Gasteiger partial charge is 0.258 e. The largest absolute Gasteiger partial charge is 0.338 e. The molecule has 2 aromatic carbocycles. The lowest BCUT2D eigenvalue weighted by Crippen LogP contribution is -2.29. The third kappa shape index (κ3) is 4.46. The van der Waals surface area contributed by atoms with Gasteiger partial charge in [0.15, 0.2) is 10.6 Å². The Bertz CT molecular complexity index is 1370. The molecule has 0 atom stereocenters. The van der Waals surface area contributed by atoms with E-state index in [2.05, 4.69) is 20.2 Å². The zero-order valence-corrected chi connectivity index (χ0v) is 18.1. The van der Waals surface area contributed by atoms with Crippen LogP contribution in [0.2, 0.25) is 0 Å². The zero-order valence-electron chi connectivity index (χ0n) is 17.3. The van der Waals surface area contributed by atoms with Crippen molar-refractivity contribution < 1.29 is 4.79 Å². The third-order valence-corrected chi connectivity index (χ3v) is 5.37. The number of para-hydroxylation sites is 1. The first-order valence-corrected chi connectivity index (χ1v) is 10.3. The Labute approximate surface area is 183 Å². The summed E-state index contributed by atoms with van der Waals surface area (Å²) in [5.74, 6) is 1.05. The van der Waals surface area contributed by atoms with E-state index in [1.165, 1.54) is 0 Å². The summed E-state index contributed by atoms with van der Waals surface area (Å²) in [5.41, 5.74) is 2.44. The Morgan fingerprint density at radius 3 is 2.81 bits per heavy atom. The molecule has 2 N–H and O–H groups in total. The number of nitrogens with zero attached hydrogens (tertiary/aromatic N) is 4. The molecular formula is C22H22N6O2S. The molecule has 0 aliphatic heterocycles. The normalized spacial score (nSPS) is 11.0. The zero-order chi connectivity index (χ0) is 22.0. The number of amides is 1. The predicted octanol–water partition coefficient (Wildman–Crippen LogP) is 3.20. The Kier molecular flexibility index (Phi) is 5.77. The van der Waals surface area contributed by atoms with Crippen molar-refractivity contribution in [3.05, 3.63) is 75.0 Å². The molecule has 8 nitrogen and oxygen atoms in total. The molecule has 4 aromatic rings. The topological polar surface area (TPSA) is 99.7 Å². The van der Waals surface area contributed by atoms with Crippen molar-refractivity contribution >= 4 is 29.0 Å². The van der Waals surface area contributed by atoms with Crippen molar-refractivity contribution in [2.45, 2.75) is 26.4 Å². The molecule has 0 aliphatic carbocycles. The maximum Gasteiger partial charge on any atom is 0.258 e. The molecule has 0 spiro atoms. The van der Waals surface area contributed by atoms with Crippen LogP contribution in [0.25, 0.3) is 22.3 Å². The number of aryl methyl sites for hydroxylation is 1. The van der Waals surface area contributed by atoms with Gasteiger partial charge in [0.05, 0.1) is 17.4 Å². The van der Waals surface area contributed by atoms with Gasteiger partial charge in [-0.25, -0.2) is 4.98 Å². The van der Waals surface area contributed by atoms with Crippen LogP contribution in [0.1, 0.15) is 17.8 Å². The Balaban J connectivity index is 1.47. The molecule has 158 valence electrons. The fraction of sp³-hybridized carbons (Fsp3) is 0.227. The van der Waals surface area contributed by atoms with Gasteiger partial charge < -0.3 is 9.88 Å². The number of nitrogens with one attached hydrogen (secondary N) is 2. The number of rotatable bonds is 6. The van der Waals surface area contributed by atoms with Gasteiger partial charge in [0, 0.05) is 25.6 Å². The van der Waals surface area contributed by atoms with Gasteiger partial charge >= 0.3 is 0 Å². The number of hydrogen-bond acceptors (Lipinski definition) is 5. The summed E-state index contributed by atoms with van der Waals surface area (Å²) < 4.78 is 2.29. The summed E-state index contributed by atoms with van der Waals surface area (Å²) in [5, 5.41) is 7.67. The van der Waals surface area contributed by atoms with Crippen LogP contribution in [-0.2, 0) is 17.9 Å². The third-order valence-electron chi connectivity index (χ3n) is 5.06. The van der Waals surface area contributed by atoms with E-state index in [0.717, 1.165) is 11.1 Å². The minimum absolute atomic E-state index is 0.0888. The maximum atomic E-state index is 12.7. The van der Waals surface area contributed by atoms with Gasteiger partial charge in [-0.3, -0.25) is 19.3 Å². The van der Waals surface area contributed by atoms with Gasteiger partial charge in [-0.1, -0.05) is 35.9 Å². The van der Waals surface area contributed by atoms with Crippen molar-refractivity contribution in [1.29, 1.82) is 0 Å². The van der Waals surface area contributed by atoms with Crippen LogP contribution in [0.3, 0.4) is 0 Å². The van der Waals surface area contributed by atoms with Crippen LogP contribution < -0.4 is 5.56 Å². The summed E-state index contributed by atoms with van der Waals surface area (Å²) in [4.78, 5) is 33.7. The van der Waals surface area contributed by atoms with E-state index in [1.807, 2.05) is 41.8 Å². The number of aromatic nitrogens is 5. The first-order chi connectivity index (χ1) is 14.9. The lowest BCUT2D eigenvalue weighted by Gasteiger charge is -2.17. The van der Waals surface area contributed by atoms with E-state index in [9.17, 15) is 9.59 Å². The average molecular weight is 435 g/mol. The predicted molar refractivity (Wildman–Crippen MR) is 121 cm³/mol. The second kappa shape index (κ2) is 8.65. The number of benzene rings is 2. The molecule has 0 saturated carbocycles. The Hall–Kier alpha value is -3.59. The van der Waals surface area contributed by atoms with Gasteiger partial charge in [0.1, 0.15) is 5.82 Å². The van der Waals surface area contributed by atoms with Gasteiger partial charge in [0.2, 0.25) is 5.91 Å². The van der Waals surface area contributed by atoms with Crippen molar-refractivity contribution in [1.82, 2.24) is 29.6 Å².